The monoisotopic (exact) mass is 295 g/mol. The Balaban J connectivity index is 2.80. The fraction of sp³-hybridized carbons (Fsp3) is 0.400. The highest BCUT2D eigenvalue weighted by Crippen LogP contribution is 2.20. The molecule has 1 rings (SSSR count). The standard InChI is InChI=1S/C15H18ClNO3/c1-15(2,3)20-10-14(19)17-13-9-12(16)7-6-11(13)5-4-8-18/h6-7,9,18H,8,10H2,1-3H3,(H,17,19). The van der Waals surface area contributed by atoms with Gasteiger partial charge in [-0.25, -0.2) is 0 Å². The zero-order valence-electron chi connectivity index (χ0n) is 11.8. The highest BCUT2D eigenvalue weighted by molar-refractivity contribution is 6.31. The van der Waals surface area contributed by atoms with Crippen LogP contribution < -0.4 is 5.32 Å². The molecule has 1 aromatic rings. The van der Waals surface area contributed by atoms with E-state index in [-0.39, 0.29) is 24.7 Å². The first-order chi connectivity index (χ1) is 9.31. The van der Waals surface area contributed by atoms with Crippen LogP contribution in [0, 0.1) is 11.8 Å². The van der Waals surface area contributed by atoms with Crippen molar-refractivity contribution in [3.63, 3.8) is 0 Å². The number of rotatable bonds is 3. The summed E-state index contributed by atoms with van der Waals surface area (Å²) in [6, 6.07) is 4.97. The molecule has 0 heterocycles. The lowest BCUT2D eigenvalue weighted by atomic mass is 10.1. The van der Waals surface area contributed by atoms with Gasteiger partial charge in [0, 0.05) is 10.6 Å². The number of nitrogens with one attached hydrogen (secondary N) is 1. The number of halogens is 1. The summed E-state index contributed by atoms with van der Waals surface area (Å²) in [5.41, 5.74) is 0.707. The number of hydrogen-bond donors (Lipinski definition) is 2. The molecule has 0 fully saturated rings. The second-order valence-corrected chi connectivity index (χ2v) is 5.54. The Morgan fingerprint density at radius 1 is 1.45 bits per heavy atom. The van der Waals surface area contributed by atoms with Gasteiger partial charge in [0.25, 0.3) is 0 Å². The van der Waals surface area contributed by atoms with Gasteiger partial charge in [0.1, 0.15) is 13.2 Å². The van der Waals surface area contributed by atoms with Gasteiger partial charge in [0.15, 0.2) is 0 Å². The summed E-state index contributed by atoms with van der Waals surface area (Å²) in [6.45, 7) is 5.32. The first-order valence-corrected chi connectivity index (χ1v) is 6.53. The Kier molecular flexibility index (Phi) is 6.03. The first kappa shape index (κ1) is 16.5. The van der Waals surface area contributed by atoms with E-state index in [1.165, 1.54) is 0 Å². The zero-order valence-corrected chi connectivity index (χ0v) is 12.5. The Morgan fingerprint density at radius 2 is 2.15 bits per heavy atom. The van der Waals surface area contributed by atoms with Gasteiger partial charge in [0.2, 0.25) is 5.91 Å². The van der Waals surface area contributed by atoms with Gasteiger partial charge < -0.3 is 15.2 Å². The molecule has 0 saturated carbocycles. The van der Waals surface area contributed by atoms with Crippen LogP contribution in [0.2, 0.25) is 5.02 Å². The van der Waals surface area contributed by atoms with Crippen molar-refractivity contribution in [2.45, 2.75) is 26.4 Å². The van der Waals surface area contributed by atoms with Gasteiger partial charge in [-0.3, -0.25) is 4.79 Å². The molecule has 0 aromatic heterocycles. The molecule has 4 nitrogen and oxygen atoms in total. The first-order valence-electron chi connectivity index (χ1n) is 6.15. The summed E-state index contributed by atoms with van der Waals surface area (Å²) < 4.78 is 5.39. The predicted molar refractivity (Wildman–Crippen MR) is 79.8 cm³/mol. The maximum Gasteiger partial charge on any atom is 0.250 e. The van der Waals surface area contributed by atoms with Crippen molar-refractivity contribution in [3.05, 3.63) is 28.8 Å². The lowest BCUT2D eigenvalue weighted by molar-refractivity contribution is -0.125. The predicted octanol–water partition coefficient (Wildman–Crippen LogP) is 2.44. The molecule has 1 aromatic carbocycles. The summed E-state index contributed by atoms with van der Waals surface area (Å²) in [6.07, 6.45) is 0. The van der Waals surface area contributed by atoms with Crippen LogP contribution in [-0.4, -0.2) is 29.8 Å². The van der Waals surface area contributed by atoms with Crippen molar-refractivity contribution in [2.24, 2.45) is 0 Å². The summed E-state index contributed by atoms with van der Waals surface area (Å²) in [4.78, 5) is 11.8. The van der Waals surface area contributed by atoms with Crippen molar-refractivity contribution in [2.75, 3.05) is 18.5 Å². The number of benzene rings is 1. The number of ether oxygens (including phenoxy) is 1. The van der Waals surface area contributed by atoms with Crippen molar-refractivity contribution < 1.29 is 14.6 Å². The zero-order chi connectivity index (χ0) is 15.2. The second kappa shape index (κ2) is 7.30. The van der Waals surface area contributed by atoms with Gasteiger partial charge in [-0.2, -0.15) is 0 Å². The van der Waals surface area contributed by atoms with Crippen LogP contribution in [0.3, 0.4) is 0 Å². The van der Waals surface area contributed by atoms with E-state index >= 15 is 0 Å². The number of anilines is 1. The van der Waals surface area contributed by atoms with E-state index in [1.807, 2.05) is 20.8 Å². The van der Waals surface area contributed by atoms with E-state index in [0.717, 1.165) is 0 Å². The highest BCUT2D eigenvalue weighted by Gasteiger charge is 2.13. The van der Waals surface area contributed by atoms with Gasteiger partial charge in [-0.15, -0.1) is 0 Å². The molecule has 20 heavy (non-hydrogen) atoms. The quantitative estimate of drug-likeness (QED) is 0.842. The number of carbonyl (C=O) groups excluding carboxylic acids is 1. The molecule has 0 spiro atoms. The summed E-state index contributed by atoms with van der Waals surface area (Å²) >= 11 is 5.90. The minimum Gasteiger partial charge on any atom is -0.384 e. The van der Waals surface area contributed by atoms with Crippen LogP contribution in [0.4, 0.5) is 5.69 Å². The van der Waals surface area contributed by atoms with Crippen molar-refractivity contribution in [1.82, 2.24) is 0 Å². The maximum atomic E-state index is 11.8. The molecule has 1 amide bonds. The number of aliphatic hydroxyl groups is 1. The smallest absolute Gasteiger partial charge is 0.250 e. The SMILES string of the molecule is CC(C)(C)OCC(=O)Nc1cc(Cl)ccc1C#CCO. The van der Waals surface area contributed by atoms with Crippen LogP contribution >= 0.6 is 11.6 Å². The lowest BCUT2D eigenvalue weighted by Gasteiger charge is -2.19. The fourth-order valence-corrected chi connectivity index (χ4v) is 1.50. The van der Waals surface area contributed by atoms with Crippen LogP contribution in [-0.2, 0) is 9.53 Å². The Bertz CT molecular complexity index is 538. The molecule has 0 atom stereocenters. The minimum absolute atomic E-state index is 0.0527. The average Bonchev–Trinajstić information content (AvgIpc) is 2.35. The largest absolute Gasteiger partial charge is 0.384 e. The molecular formula is C15H18ClNO3. The number of aliphatic hydroxyl groups excluding tert-OH is 1. The molecule has 5 heteroatoms. The number of amides is 1. The van der Waals surface area contributed by atoms with Crippen LogP contribution in [0.5, 0.6) is 0 Å². The Labute approximate surface area is 124 Å². The van der Waals surface area contributed by atoms with Gasteiger partial charge in [-0.1, -0.05) is 23.4 Å². The molecule has 0 aliphatic carbocycles. The van der Waals surface area contributed by atoms with Gasteiger partial charge in [-0.05, 0) is 39.0 Å². The van der Waals surface area contributed by atoms with Crippen LogP contribution in [0.25, 0.3) is 0 Å². The number of hydrogen-bond acceptors (Lipinski definition) is 3. The van der Waals surface area contributed by atoms with Crippen molar-refractivity contribution >= 4 is 23.2 Å². The third-order valence-electron chi connectivity index (χ3n) is 2.19. The Morgan fingerprint density at radius 3 is 2.75 bits per heavy atom. The van der Waals surface area contributed by atoms with E-state index in [1.54, 1.807) is 18.2 Å². The molecular weight excluding hydrogens is 278 g/mol. The summed E-state index contributed by atoms with van der Waals surface area (Å²) in [5, 5.41) is 11.9. The molecule has 0 bridgehead atoms. The third kappa shape index (κ3) is 6.07. The van der Waals surface area contributed by atoms with E-state index in [9.17, 15) is 4.79 Å². The minimum atomic E-state index is -0.384. The van der Waals surface area contributed by atoms with Crippen molar-refractivity contribution in [3.8, 4) is 11.8 Å². The molecule has 0 radical (unpaired) electrons. The van der Waals surface area contributed by atoms with Gasteiger partial charge >= 0.3 is 0 Å². The van der Waals surface area contributed by atoms with E-state index in [2.05, 4.69) is 17.2 Å². The molecule has 0 unspecified atom stereocenters. The molecule has 108 valence electrons. The molecule has 0 saturated heterocycles. The summed E-state index contributed by atoms with van der Waals surface area (Å²) in [7, 11) is 0. The molecule has 0 aliphatic heterocycles. The van der Waals surface area contributed by atoms with E-state index in [0.29, 0.717) is 16.3 Å². The fourth-order valence-electron chi connectivity index (χ4n) is 1.33. The topological polar surface area (TPSA) is 58.6 Å². The maximum absolute atomic E-state index is 11.8. The van der Waals surface area contributed by atoms with Crippen LogP contribution in [0.15, 0.2) is 18.2 Å². The molecule has 0 aliphatic rings. The average molecular weight is 296 g/mol. The van der Waals surface area contributed by atoms with E-state index in [4.69, 9.17) is 21.4 Å². The Hall–Kier alpha value is -1.54. The third-order valence-corrected chi connectivity index (χ3v) is 2.43. The van der Waals surface area contributed by atoms with E-state index < -0.39 is 0 Å². The van der Waals surface area contributed by atoms with Crippen LogP contribution in [0.1, 0.15) is 26.3 Å². The number of carbonyl (C=O) groups is 1. The molecule has 2 N–H and O–H groups in total. The van der Waals surface area contributed by atoms with Gasteiger partial charge in [0.05, 0.1) is 11.3 Å². The summed E-state index contributed by atoms with van der Waals surface area (Å²) in [5.74, 6) is 5.00. The lowest BCUT2D eigenvalue weighted by Crippen LogP contribution is -2.27. The second-order valence-electron chi connectivity index (χ2n) is 5.10. The van der Waals surface area contributed by atoms with Crippen molar-refractivity contribution in [1.29, 1.82) is 0 Å². The highest BCUT2D eigenvalue weighted by atomic mass is 35.5. The normalized spacial score (nSPS) is 10.7.